The minimum absolute atomic E-state index is 0.106. The van der Waals surface area contributed by atoms with E-state index in [1.807, 2.05) is 20.8 Å². The molecule has 1 amide bonds. The SMILES string of the molecule is CC(C)(C)NC(=O)CSCC(N)C(=O)O. The van der Waals surface area contributed by atoms with Crippen LogP contribution in [-0.4, -0.2) is 40.1 Å². The monoisotopic (exact) mass is 234 g/mol. The van der Waals surface area contributed by atoms with Gasteiger partial charge in [0.1, 0.15) is 6.04 Å². The van der Waals surface area contributed by atoms with Crippen molar-refractivity contribution in [1.29, 1.82) is 0 Å². The van der Waals surface area contributed by atoms with Gasteiger partial charge >= 0.3 is 5.97 Å². The van der Waals surface area contributed by atoms with E-state index in [4.69, 9.17) is 10.8 Å². The summed E-state index contributed by atoms with van der Waals surface area (Å²) >= 11 is 1.22. The molecule has 6 heteroatoms. The largest absolute Gasteiger partial charge is 0.480 e. The van der Waals surface area contributed by atoms with Gasteiger partial charge in [0.15, 0.2) is 0 Å². The van der Waals surface area contributed by atoms with Crippen LogP contribution in [-0.2, 0) is 9.59 Å². The Labute approximate surface area is 93.8 Å². The summed E-state index contributed by atoms with van der Waals surface area (Å²) in [5.41, 5.74) is 5.02. The highest BCUT2D eigenvalue weighted by molar-refractivity contribution is 8.00. The average molecular weight is 234 g/mol. The number of carboxylic acids is 1. The van der Waals surface area contributed by atoms with Gasteiger partial charge in [-0.15, -0.1) is 11.8 Å². The van der Waals surface area contributed by atoms with Gasteiger partial charge in [0.25, 0.3) is 0 Å². The number of hydrogen-bond donors (Lipinski definition) is 3. The van der Waals surface area contributed by atoms with Crippen molar-refractivity contribution in [3.8, 4) is 0 Å². The van der Waals surface area contributed by atoms with E-state index in [9.17, 15) is 9.59 Å². The first-order chi connectivity index (χ1) is 6.72. The fourth-order valence-corrected chi connectivity index (χ4v) is 1.58. The molecule has 5 nitrogen and oxygen atoms in total. The van der Waals surface area contributed by atoms with Crippen molar-refractivity contribution in [1.82, 2.24) is 5.32 Å². The predicted molar refractivity (Wildman–Crippen MR) is 60.8 cm³/mol. The molecule has 0 saturated carbocycles. The highest BCUT2D eigenvalue weighted by Gasteiger charge is 2.15. The van der Waals surface area contributed by atoms with Crippen molar-refractivity contribution in [2.75, 3.05) is 11.5 Å². The van der Waals surface area contributed by atoms with Gasteiger partial charge in [-0.1, -0.05) is 0 Å². The second kappa shape index (κ2) is 5.97. The third-order valence-corrected chi connectivity index (χ3v) is 2.42. The number of amides is 1. The van der Waals surface area contributed by atoms with E-state index in [0.717, 1.165) is 0 Å². The van der Waals surface area contributed by atoms with Crippen LogP contribution in [0.1, 0.15) is 20.8 Å². The van der Waals surface area contributed by atoms with Crippen LogP contribution in [0.15, 0.2) is 0 Å². The summed E-state index contributed by atoms with van der Waals surface area (Å²) in [5.74, 6) is -0.672. The molecule has 88 valence electrons. The molecular weight excluding hydrogens is 216 g/mol. The third-order valence-electron chi connectivity index (χ3n) is 1.36. The fourth-order valence-electron chi connectivity index (χ4n) is 0.804. The van der Waals surface area contributed by atoms with Gasteiger partial charge < -0.3 is 16.2 Å². The molecular formula is C9H18N2O3S. The van der Waals surface area contributed by atoms with Gasteiger partial charge in [-0.05, 0) is 20.8 Å². The van der Waals surface area contributed by atoms with Crippen molar-refractivity contribution in [2.45, 2.75) is 32.4 Å². The van der Waals surface area contributed by atoms with E-state index >= 15 is 0 Å². The van der Waals surface area contributed by atoms with Crippen LogP contribution in [0.5, 0.6) is 0 Å². The number of aliphatic carboxylic acids is 1. The first kappa shape index (κ1) is 14.2. The number of rotatable bonds is 5. The zero-order valence-corrected chi connectivity index (χ0v) is 10.1. The van der Waals surface area contributed by atoms with Crippen LogP contribution in [0.2, 0.25) is 0 Å². The summed E-state index contributed by atoms with van der Waals surface area (Å²) in [4.78, 5) is 21.7. The summed E-state index contributed by atoms with van der Waals surface area (Å²) in [6.07, 6.45) is 0. The van der Waals surface area contributed by atoms with Crippen molar-refractivity contribution in [2.24, 2.45) is 5.73 Å². The minimum Gasteiger partial charge on any atom is -0.480 e. The Morgan fingerprint density at radius 1 is 1.47 bits per heavy atom. The number of nitrogens with two attached hydrogens (primary N) is 1. The zero-order chi connectivity index (χ0) is 12.1. The zero-order valence-electron chi connectivity index (χ0n) is 9.24. The number of carboxylic acid groups (broad SMARTS) is 1. The smallest absolute Gasteiger partial charge is 0.321 e. The van der Waals surface area contributed by atoms with Crippen LogP contribution in [0.3, 0.4) is 0 Å². The van der Waals surface area contributed by atoms with Gasteiger partial charge in [0.05, 0.1) is 5.75 Å². The molecule has 4 N–H and O–H groups in total. The molecule has 0 rings (SSSR count). The Kier molecular flexibility index (Phi) is 5.67. The summed E-state index contributed by atoms with van der Waals surface area (Å²) in [6.45, 7) is 5.66. The summed E-state index contributed by atoms with van der Waals surface area (Å²) < 4.78 is 0. The molecule has 0 heterocycles. The van der Waals surface area contributed by atoms with Crippen molar-refractivity contribution >= 4 is 23.6 Å². The van der Waals surface area contributed by atoms with E-state index in [0.29, 0.717) is 0 Å². The Morgan fingerprint density at radius 3 is 2.40 bits per heavy atom. The van der Waals surface area contributed by atoms with Crippen LogP contribution < -0.4 is 11.1 Å². The maximum atomic E-state index is 11.3. The topological polar surface area (TPSA) is 92.4 Å². The van der Waals surface area contributed by atoms with Crippen molar-refractivity contribution in [3.63, 3.8) is 0 Å². The molecule has 0 fully saturated rings. The molecule has 0 aromatic rings. The Bertz CT molecular complexity index is 238. The quantitative estimate of drug-likeness (QED) is 0.625. The standard InChI is InChI=1S/C9H18N2O3S/c1-9(2,3)11-7(12)5-15-4-6(10)8(13)14/h6H,4-5,10H2,1-3H3,(H,11,12)(H,13,14). The molecule has 1 atom stereocenters. The summed E-state index contributed by atoms with van der Waals surface area (Å²) in [5, 5.41) is 11.3. The Balaban J connectivity index is 3.69. The number of carbonyl (C=O) groups is 2. The molecule has 0 aliphatic heterocycles. The molecule has 1 unspecified atom stereocenters. The van der Waals surface area contributed by atoms with Crippen LogP contribution >= 0.6 is 11.8 Å². The van der Waals surface area contributed by atoms with Gasteiger partial charge in [-0.3, -0.25) is 9.59 Å². The Hall–Kier alpha value is -0.750. The second-order valence-corrected chi connectivity index (χ2v) is 5.29. The molecule has 0 aliphatic rings. The lowest BCUT2D eigenvalue weighted by molar-refractivity contribution is -0.138. The van der Waals surface area contributed by atoms with Gasteiger partial charge in [0, 0.05) is 11.3 Å². The van der Waals surface area contributed by atoms with Gasteiger partial charge in [-0.25, -0.2) is 0 Å². The molecule has 0 radical (unpaired) electrons. The first-order valence-corrected chi connectivity index (χ1v) is 5.75. The van der Waals surface area contributed by atoms with Crippen molar-refractivity contribution < 1.29 is 14.7 Å². The van der Waals surface area contributed by atoms with Crippen LogP contribution in [0, 0.1) is 0 Å². The third kappa shape index (κ3) is 8.26. The average Bonchev–Trinajstić information content (AvgIpc) is 2.00. The van der Waals surface area contributed by atoms with Crippen LogP contribution in [0.4, 0.5) is 0 Å². The molecule has 0 aromatic heterocycles. The lowest BCUT2D eigenvalue weighted by Crippen LogP contribution is -2.42. The van der Waals surface area contributed by atoms with E-state index in [1.54, 1.807) is 0 Å². The maximum Gasteiger partial charge on any atom is 0.321 e. The number of nitrogens with one attached hydrogen (secondary N) is 1. The first-order valence-electron chi connectivity index (χ1n) is 4.59. The number of thioether (sulfide) groups is 1. The van der Waals surface area contributed by atoms with Crippen LogP contribution in [0.25, 0.3) is 0 Å². The molecule has 0 spiro atoms. The molecule has 0 aliphatic carbocycles. The van der Waals surface area contributed by atoms with E-state index in [-0.39, 0.29) is 23.0 Å². The minimum atomic E-state index is -1.04. The fraction of sp³-hybridized carbons (Fsp3) is 0.778. The highest BCUT2D eigenvalue weighted by Crippen LogP contribution is 2.04. The summed E-state index contributed by atoms with van der Waals surface area (Å²) in [7, 11) is 0. The van der Waals surface area contributed by atoms with Gasteiger partial charge in [0.2, 0.25) is 5.91 Å². The highest BCUT2D eigenvalue weighted by atomic mass is 32.2. The van der Waals surface area contributed by atoms with Gasteiger partial charge in [-0.2, -0.15) is 0 Å². The molecule has 0 saturated heterocycles. The lowest BCUT2D eigenvalue weighted by atomic mass is 10.1. The van der Waals surface area contributed by atoms with E-state index in [1.165, 1.54) is 11.8 Å². The van der Waals surface area contributed by atoms with Crippen molar-refractivity contribution in [3.05, 3.63) is 0 Å². The molecule has 15 heavy (non-hydrogen) atoms. The molecule has 0 bridgehead atoms. The predicted octanol–water partition coefficient (Wildman–Crippen LogP) is 0.0462. The van der Waals surface area contributed by atoms with E-state index in [2.05, 4.69) is 5.32 Å². The Morgan fingerprint density at radius 2 is 2.00 bits per heavy atom. The van der Waals surface area contributed by atoms with E-state index < -0.39 is 12.0 Å². The number of hydrogen-bond acceptors (Lipinski definition) is 4. The number of carbonyl (C=O) groups excluding carboxylic acids is 1. The summed E-state index contributed by atoms with van der Waals surface area (Å²) in [6, 6.07) is -0.905. The second-order valence-electron chi connectivity index (χ2n) is 4.26. The lowest BCUT2D eigenvalue weighted by Gasteiger charge is -2.20. The normalized spacial score (nSPS) is 13.3. The maximum absolute atomic E-state index is 11.3. The molecule has 0 aromatic carbocycles.